The minimum atomic E-state index is -5.08. The third-order valence-electron chi connectivity index (χ3n) is 6.82. The normalized spacial score (nSPS) is 14.2. The lowest BCUT2D eigenvalue weighted by Gasteiger charge is -2.34. The number of anilines is 2. The molecular weight excluding hydrogens is 610 g/mol. The Morgan fingerprint density at radius 3 is 2.02 bits per heavy atom. The minimum absolute atomic E-state index is 0.0379. The first-order valence-electron chi connectivity index (χ1n) is 13.5. The Morgan fingerprint density at radius 1 is 0.844 bits per heavy atom. The molecule has 0 spiro atoms. The van der Waals surface area contributed by atoms with Crippen LogP contribution in [0.15, 0.2) is 54.9 Å². The van der Waals surface area contributed by atoms with E-state index in [-0.39, 0.29) is 23.4 Å². The van der Waals surface area contributed by atoms with Crippen LogP contribution in [0, 0.1) is 6.92 Å². The molecule has 1 fully saturated rings. The number of carboxylic acid groups (broad SMARTS) is 1. The van der Waals surface area contributed by atoms with Gasteiger partial charge in [-0.25, -0.2) is 4.79 Å². The van der Waals surface area contributed by atoms with Gasteiger partial charge in [0.25, 0.3) is 11.8 Å². The zero-order chi connectivity index (χ0) is 33.4. The number of hydrogen-bond donors (Lipinski definition) is 3. The van der Waals surface area contributed by atoms with Crippen LogP contribution in [0.1, 0.15) is 44.3 Å². The van der Waals surface area contributed by atoms with Gasteiger partial charge in [0.1, 0.15) is 0 Å². The predicted molar refractivity (Wildman–Crippen MR) is 152 cm³/mol. The van der Waals surface area contributed by atoms with Crippen LogP contribution >= 0.6 is 0 Å². The molecule has 1 aliphatic heterocycles. The van der Waals surface area contributed by atoms with Gasteiger partial charge in [-0.05, 0) is 54.9 Å². The molecule has 4 rings (SSSR count). The third-order valence-corrected chi connectivity index (χ3v) is 6.82. The first-order chi connectivity index (χ1) is 21.1. The van der Waals surface area contributed by atoms with E-state index < -0.39 is 35.7 Å². The van der Waals surface area contributed by atoms with E-state index in [2.05, 4.69) is 32.7 Å². The van der Waals surface area contributed by atoms with Crippen LogP contribution in [0.5, 0.6) is 0 Å². The van der Waals surface area contributed by atoms with Gasteiger partial charge < -0.3 is 20.6 Å². The van der Waals surface area contributed by atoms with Gasteiger partial charge in [-0.15, -0.1) is 0 Å². The highest BCUT2D eigenvalue weighted by Crippen LogP contribution is 2.35. The number of hydrogen-bond acceptors (Lipinski definition) is 7. The number of nitrogens with one attached hydrogen (secondary N) is 2. The fourth-order valence-electron chi connectivity index (χ4n) is 4.28. The summed E-state index contributed by atoms with van der Waals surface area (Å²) in [7, 11) is 0. The molecule has 1 aliphatic rings. The van der Waals surface area contributed by atoms with Crippen LogP contribution < -0.4 is 10.6 Å². The molecule has 2 heterocycles. The fraction of sp³-hybridized carbons (Fsp3) is 0.345. The van der Waals surface area contributed by atoms with Crippen LogP contribution in [0.2, 0.25) is 0 Å². The third kappa shape index (κ3) is 10.2. The highest BCUT2D eigenvalue weighted by atomic mass is 19.4. The van der Waals surface area contributed by atoms with Gasteiger partial charge in [-0.2, -0.15) is 36.5 Å². The van der Waals surface area contributed by atoms with E-state index in [1.165, 1.54) is 36.7 Å². The second-order valence-electron chi connectivity index (χ2n) is 9.95. The summed E-state index contributed by atoms with van der Waals surface area (Å²) in [4.78, 5) is 38.6. The van der Waals surface area contributed by atoms with Crippen molar-refractivity contribution in [2.75, 3.05) is 43.4 Å². The van der Waals surface area contributed by atoms with Gasteiger partial charge in [-0.3, -0.25) is 14.5 Å². The van der Waals surface area contributed by atoms with Crippen LogP contribution in [-0.4, -0.2) is 81.8 Å². The maximum Gasteiger partial charge on any atom is 0.490 e. The fourth-order valence-corrected chi connectivity index (χ4v) is 4.28. The maximum atomic E-state index is 13.9. The van der Waals surface area contributed by atoms with E-state index in [0.29, 0.717) is 29.9 Å². The first-order valence-corrected chi connectivity index (χ1v) is 13.5. The van der Waals surface area contributed by atoms with Crippen molar-refractivity contribution in [1.29, 1.82) is 0 Å². The van der Waals surface area contributed by atoms with Gasteiger partial charge in [0.15, 0.2) is 0 Å². The molecule has 3 aromatic rings. The largest absolute Gasteiger partial charge is 0.490 e. The average molecular weight is 641 g/mol. The van der Waals surface area contributed by atoms with Crippen LogP contribution in [0.3, 0.4) is 0 Å². The molecule has 0 radical (unpaired) electrons. The van der Waals surface area contributed by atoms with Gasteiger partial charge >= 0.3 is 18.3 Å². The molecule has 2 amide bonds. The van der Waals surface area contributed by atoms with E-state index in [9.17, 15) is 35.9 Å². The highest BCUT2D eigenvalue weighted by molar-refractivity contribution is 6.07. The van der Waals surface area contributed by atoms with E-state index in [0.717, 1.165) is 25.7 Å². The predicted octanol–water partition coefficient (Wildman–Crippen LogP) is 5.08. The summed E-state index contributed by atoms with van der Waals surface area (Å²) in [6.45, 7) is 7.99. The lowest BCUT2D eigenvalue weighted by Crippen LogP contribution is -2.45. The molecule has 3 N–H and O–H groups in total. The maximum absolute atomic E-state index is 13.9. The molecule has 0 aliphatic carbocycles. The smallest absolute Gasteiger partial charge is 0.475 e. The molecule has 0 saturated carbocycles. The van der Waals surface area contributed by atoms with Crippen molar-refractivity contribution < 1.29 is 45.8 Å². The van der Waals surface area contributed by atoms with E-state index >= 15 is 0 Å². The number of piperazine rings is 1. The number of carbonyl (C=O) groups excluding carboxylic acids is 2. The van der Waals surface area contributed by atoms with Crippen LogP contribution in [-0.2, 0) is 17.5 Å². The number of alkyl halides is 6. The Balaban J connectivity index is 0.000000707. The van der Waals surface area contributed by atoms with Gasteiger partial charge in [-0.1, -0.05) is 19.1 Å². The van der Waals surface area contributed by atoms with Crippen molar-refractivity contribution in [2.45, 2.75) is 32.7 Å². The Labute approximate surface area is 254 Å². The first kappa shape index (κ1) is 34.9. The molecule has 0 atom stereocenters. The highest BCUT2D eigenvalue weighted by Gasteiger charge is 2.38. The summed E-state index contributed by atoms with van der Waals surface area (Å²) >= 11 is 0. The number of aromatic nitrogens is 2. The quantitative estimate of drug-likeness (QED) is 0.305. The number of amides is 2. The van der Waals surface area contributed by atoms with Crippen molar-refractivity contribution in [2.24, 2.45) is 0 Å². The summed E-state index contributed by atoms with van der Waals surface area (Å²) in [5, 5.41) is 19.7. The number of carbonyl (C=O) groups is 3. The molecule has 16 heteroatoms. The minimum Gasteiger partial charge on any atom is -0.475 e. The van der Waals surface area contributed by atoms with Crippen molar-refractivity contribution in [3.63, 3.8) is 0 Å². The molecule has 0 unspecified atom stereocenters. The molecule has 1 saturated heterocycles. The number of carboxylic acids is 1. The van der Waals surface area contributed by atoms with Crippen LogP contribution in [0.4, 0.5) is 37.7 Å². The lowest BCUT2D eigenvalue weighted by atomic mass is 10.0. The Bertz CT molecular complexity index is 1490. The van der Waals surface area contributed by atoms with Crippen LogP contribution in [0.25, 0.3) is 0 Å². The van der Waals surface area contributed by atoms with Crippen molar-refractivity contribution in [3.8, 4) is 0 Å². The molecule has 242 valence electrons. The SMILES string of the molecule is CCN1CCN(Cc2ccc(NC(=O)c3ccc(C)c(NC(=O)c4ccnnc4)c3)cc2C(F)(F)F)CC1.O=C(O)C(F)(F)F. The number of aliphatic carboxylic acids is 1. The van der Waals surface area contributed by atoms with Gasteiger partial charge in [0.05, 0.1) is 23.5 Å². The topological polar surface area (TPSA) is 128 Å². The summed E-state index contributed by atoms with van der Waals surface area (Å²) in [6.07, 6.45) is -6.95. The van der Waals surface area contributed by atoms with Crippen molar-refractivity contribution in [3.05, 3.63) is 82.7 Å². The molecular formula is C29H30F6N6O4. The zero-order valence-corrected chi connectivity index (χ0v) is 24.2. The molecule has 10 nitrogen and oxygen atoms in total. The average Bonchev–Trinajstić information content (AvgIpc) is 2.99. The standard InChI is InChI=1S/C27H29F3N6O2.C2HF3O2/c1-3-35-10-12-36(13-11-35)17-21-6-7-22(15-23(21)27(28,29)30)33-25(37)19-5-4-18(2)24(14-19)34-26(38)20-8-9-31-32-16-20;3-2(4,5)1(6)7/h4-9,14-16H,3,10-13,17H2,1-2H3,(H,33,37)(H,34,38);(H,6,7). The molecule has 1 aromatic heterocycles. The Hall–Kier alpha value is -4.57. The molecule has 2 aromatic carbocycles. The summed E-state index contributed by atoms with van der Waals surface area (Å²) in [6, 6.07) is 10.1. The monoisotopic (exact) mass is 640 g/mol. The molecule has 45 heavy (non-hydrogen) atoms. The van der Waals surface area contributed by atoms with Crippen molar-refractivity contribution >= 4 is 29.2 Å². The van der Waals surface area contributed by atoms with E-state index in [1.807, 2.05) is 4.90 Å². The number of halogens is 6. The summed E-state index contributed by atoms with van der Waals surface area (Å²) < 4.78 is 73.5. The second kappa shape index (κ2) is 14.9. The van der Waals surface area contributed by atoms with Gasteiger partial charge in [0, 0.05) is 49.7 Å². The summed E-state index contributed by atoms with van der Waals surface area (Å²) in [5.74, 6) is -3.78. The number of benzene rings is 2. The number of likely N-dealkylation sites (N-methyl/N-ethyl adjacent to an activating group) is 1. The Kier molecular flexibility index (Phi) is 11.6. The second-order valence-corrected chi connectivity index (χ2v) is 9.95. The van der Waals surface area contributed by atoms with E-state index in [1.54, 1.807) is 19.1 Å². The number of aryl methyl sites for hydroxylation is 1. The van der Waals surface area contributed by atoms with Gasteiger partial charge in [0.2, 0.25) is 0 Å². The van der Waals surface area contributed by atoms with E-state index in [4.69, 9.17) is 9.90 Å². The Morgan fingerprint density at radius 2 is 1.47 bits per heavy atom. The summed E-state index contributed by atoms with van der Waals surface area (Å²) in [5.41, 5.74) is 1.03. The number of nitrogens with zero attached hydrogens (tertiary/aromatic N) is 4. The lowest BCUT2D eigenvalue weighted by molar-refractivity contribution is -0.192. The van der Waals surface area contributed by atoms with Crippen molar-refractivity contribution in [1.82, 2.24) is 20.0 Å². The number of rotatable bonds is 7. The zero-order valence-electron chi connectivity index (χ0n) is 24.2. The molecule has 0 bridgehead atoms.